The van der Waals surface area contributed by atoms with Crippen LogP contribution in [0.15, 0.2) is 0 Å². The fourth-order valence-electron chi connectivity index (χ4n) is 3.00. The van der Waals surface area contributed by atoms with Crippen molar-refractivity contribution in [3.05, 3.63) is 0 Å². The van der Waals surface area contributed by atoms with Gasteiger partial charge in [-0.1, -0.05) is 64.7 Å². The van der Waals surface area contributed by atoms with E-state index in [0.29, 0.717) is 0 Å². The molecule has 1 saturated heterocycles. The number of rotatable bonds is 15. The average Bonchev–Trinajstić information content (AvgIpc) is 3.25. The Kier molecular flexibility index (Phi) is 10.5. The zero-order valence-electron chi connectivity index (χ0n) is 14.1. The minimum atomic E-state index is -0.696. The van der Waals surface area contributed by atoms with E-state index in [0.717, 1.165) is 51.4 Å². The lowest BCUT2D eigenvalue weighted by molar-refractivity contribution is -0.137. The van der Waals surface area contributed by atoms with Crippen molar-refractivity contribution in [1.29, 1.82) is 0 Å². The van der Waals surface area contributed by atoms with Crippen LogP contribution in [0.4, 0.5) is 0 Å². The van der Waals surface area contributed by atoms with Gasteiger partial charge in [0.25, 0.3) is 0 Å². The van der Waals surface area contributed by atoms with Crippen LogP contribution in [0, 0.1) is 0 Å². The first kappa shape index (κ1) is 19.4. The summed E-state index contributed by atoms with van der Waals surface area (Å²) >= 11 is 0. The van der Waals surface area contributed by atoms with Crippen molar-refractivity contribution >= 4 is 5.97 Å². The van der Waals surface area contributed by atoms with Crippen molar-refractivity contribution in [3.63, 3.8) is 0 Å². The van der Waals surface area contributed by atoms with Gasteiger partial charge in [-0.15, -0.1) is 0 Å². The molecule has 0 bridgehead atoms. The Morgan fingerprint density at radius 3 is 2.36 bits per heavy atom. The van der Waals surface area contributed by atoms with Gasteiger partial charge in [0, 0.05) is 6.42 Å². The first-order valence-electron chi connectivity index (χ1n) is 9.20. The maximum absolute atomic E-state index is 10.4. The Hall–Kier alpha value is -0.610. The summed E-state index contributed by atoms with van der Waals surface area (Å²) in [7, 11) is 0. The number of carboxylic acids is 1. The molecule has 1 unspecified atom stereocenters. The van der Waals surface area contributed by atoms with Gasteiger partial charge < -0.3 is 14.9 Å². The summed E-state index contributed by atoms with van der Waals surface area (Å²) in [6, 6.07) is 0. The molecule has 0 aromatic heterocycles. The molecule has 4 nitrogen and oxygen atoms in total. The monoisotopic (exact) mass is 314 g/mol. The highest BCUT2D eigenvalue weighted by Gasteiger charge is 2.42. The molecule has 0 aromatic rings. The Balaban J connectivity index is 1.87. The van der Waals surface area contributed by atoms with Crippen LogP contribution in [0.5, 0.6) is 0 Å². The Bertz CT molecular complexity index is 293. The zero-order valence-corrected chi connectivity index (χ0v) is 14.1. The first-order valence-corrected chi connectivity index (χ1v) is 9.20. The van der Waals surface area contributed by atoms with E-state index in [4.69, 9.17) is 9.84 Å². The number of aliphatic hydroxyl groups excluding tert-OH is 1. The number of hydrogen-bond donors (Lipinski definition) is 2. The molecular weight excluding hydrogens is 280 g/mol. The molecule has 0 amide bonds. The molecule has 1 rings (SSSR count). The molecule has 0 aromatic carbocycles. The fourth-order valence-corrected chi connectivity index (χ4v) is 3.00. The van der Waals surface area contributed by atoms with Crippen molar-refractivity contribution in [1.82, 2.24) is 0 Å². The predicted octanol–water partition coefficient (Wildman–Crippen LogP) is 4.29. The standard InChI is InChI=1S/C18H34O4/c1-2-3-4-6-9-12-15(19)18-16(22-18)13-10-7-5-8-11-14-17(20)21/h15-16,18-19H,2-14H2,1H3,(H,20,21)/t15?,16-,18-/m0/s1. The number of aliphatic hydroxyl groups is 1. The van der Waals surface area contributed by atoms with Gasteiger partial charge in [-0.3, -0.25) is 4.79 Å². The van der Waals surface area contributed by atoms with Gasteiger partial charge in [0.05, 0.1) is 12.2 Å². The van der Waals surface area contributed by atoms with Crippen LogP contribution in [0.3, 0.4) is 0 Å². The third kappa shape index (κ3) is 9.42. The van der Waals surface area contributed by atoms with E-state index in [-0.39, 0.29) is 24.7 Å². The first-order chi connectivity index (χ1) is 10.6. The third-order valence-electron chi connectivity index (χ3n) is 4.48. The molecule has 0 radical (unpaired) electrons. The van der Waals surface area contributed by atoms with Crippen LogP contribution in [-0.4, -0.2) is 34.5 Å². The smallest absolute Gasteiger partial charge is 0.303 e. The predicted molar refractivity (Wildman–Crippen MR) is 88.0 cm³/mol. The summed E-state index contributed by atoms with van der Waals surface area (Å²) in [5.74, 6) is -0.696. The van der Waals surface area contributed by atoms with Gasteiger partial charge in [-0.05, 0) is 19.3 Å². The molecule has 22 heavy (non-hydrogen) atoms. The van der Waals surface area contributed by atoms with E-state index < -0.39 is 5.97 Å². The molecule has 2 N–H and O–H groups in total. The van der Waals surface area contributed by atoms with E-state index in [2.05, 4.69) is 6.92 Å². The van der Waals surface area contributed by atoms with Crippen LogP contribution in [-0.2, 0) is 9.53 Å². The summed E-state index contributed by atoms with van der Waals surface area (Å²) < 4.78 is 5.59. The van der Waals surface area contributed by atoms with Crippen LogP contribution in [0.1, 0.15) is 90.4 Å². The summed E-state index contributed by atoms with van der Waals surface area (Å²) in [5, 5.41) is 18.6. The van der Waals surface area contributed by atoms with E-state index in [9.17, 15) is 9.90 Å². The minimum Gasteiger partial charge on any atom is -0.481 e. The number of carboxylic acid groups (broad SMARTS) is 1. The van der Waals surface area contributed by atoms with Gasteiger partial charge in [-0.25, -0.2) is 0 Å². The van der Waals surface area contributed by atoms with E-state index in [1.165, 1.54) is 25.7 Å². The highest BCUT2D eigenvalue weighted by molar-refractivity contribution is 5.66. The third-order valence-corrected chi connectivity index (χ3v) is 4.48. The maximum atomic E-state index is 10.4. The average molecular weight is 314 g/mol. The van der Waals surface area contributed by atoms with Gasteiger partial charge in [-0.2, -0.15) is 0 Å². The fraction of sp³-hybridized carbons (Fsp3) is 0.944. The molecule has 0 aliphatic carbocycles. The molecule has 130 valence electrons. The largest absolute Gasteiger partial charge is 0.481 e. The highest BCUT2D eigenvalue weighted by atomic mass is 16.6. The molecular formula is C18H34O4. The molecule has 1 aliphatic heterocycles. The summed E-state index contributed by atoms with van der Waals surface area (Å²) in [5.41, 5.74) is 0. The lowest BCUT2D eigenvalue weighted by atomic mass is 10.0. The molecule has 1 fully saturated rings. The van der Waals surface area contributed by atoms with Crippen LogP contribution in [0.25, 0.3) is 0 Å². The van der Waals surface area contributed by atoms with Crippen LogP contribution >= 0.6 is 0 Å². The summed E-state index contributed by atoms with van der Waals surface area (Å²) in [6.07, 6.45) is 13.6. The van der Waals surface area contributed by atoms with E-state index in [1.54, 1.807) is 0 Å². The minimum absolute atomic E-state index is 0.0817. The molecule has 0 saturated carbocycles. The zero-order chi connectivity index (χ0) is 16.2. The van der Waals surface area contributed by atoms with Crippen molar-refractivity contribution in [2.24, 2.45) is 0 Å². The SMILES string of the molecule is CCCCCCCC(O)[C@@H]1O[C@H]1CCCCCCCC(=O)O. The van der Waals surface area contributed by atoms with Crippen molar-refractivity contribution in [2.45, 2.75) is 109 Å². The lowest BCUT2D eigenvalue weighted by Crippen LogP contribution is -2.16. The quantitative estimate of drug-likeness (QED) is 0.349. The molecule has 1 aliphatic rings. The summed E-state index contributed by atoms with van der Waals surface area (Å²) in [4.78, 5) is 10.4. The van der Waals surface area contributed by atoms with Crippen LogP contribution < -0.4 is 0 Å². The topological polar surface area (TPSA) is 70.1 Å². The second-order valence-electron chi connectivity index (χ2n) is 6.61. The van der Waals surface area contributed by atoms with E-state index >= 15 is 0 Å². The van der Waals surface area contributed by atoms with E-state index in [1.807, 2.05) is 0 Å². The van der Waals surface area contributed by atoms with Gasteiger partial charge in [0.2, 0.25) is 0 Å². The number of carbonyl (C=O) groups is 1. The Morgan fingerprint density at radius 1 is 1.00 bits per heavy atom. The van der Waals surface area contributed by atoms with Gasteiger partial charge >= 0.3 is 5.97 Å². The normalized spacial score (nSPS) is 21.7. The number of aliphatic carboxylic acids is 1. The van der Waals surface area contributed by atoms with Crippen LogP contribution in [0.2, 0.25) is 0 Å². The number of epoxide rings is 1. The number of hydrogen-bond acceptors (Lipinski definition) is 3. The highest BCUT2D eigenvalue weighted by Crippen LogP contribution is 2.32. The second-order valence-corrected chi connectivity index (χ2v) is 6.61. The maximum Gasteiger partial charge on any atom is 0.303 e. The van der Waals surface area contributed by atoms with Crippen molar-refractivity contribution < 1.29 is 19.7 Å². The summed E-state index contributed by atoms with van der Waals surface area (Å²) in [6.45, 7) is 2.21. The number of unbranched alkanes of at least 4 members (excludes halogenated alkanes) is 8. The number of ether oxygens (including phenoxy) is 1. The Morgan fingerprint density at radius 2 is 1.64 bits per heavy atom. The lowest BCUT2D eigenvalue weighted by Gasteiger charge is -2.07. The van der Waals surface area contributed by atoms with Gasteiger partial charge in [0.15, 0.2) is 0 Å². The molecule has 4 heteroatoms. The van der Waals surface area contributed by atoms with Gasteiger partial charge in [0.1, 0.15) is 6.10 Å². The molecule has 3 atom stereocenters. The van der Waals surface area contributed by atoms with Crippen molar-refractivity contribution in [2.75, 3.05) is 0 Å². The van der Waals surface area contributed by atoms with Crippen molar-refractivity contribution in [3.8, 4) is 0 Å². The molecule has 0 spiro atoms. The Labute approximate surface area is 135 Å². The second kappa shape index (κ2) is 11.9. The molecule has 1 heterocycles.